The summed E-state index contributed by atoms with van der Waals surface area (Å²) in [7, 11) is 3.80. The molecular formula is C29H32N6O2. The van der Waals surface area contributed by atoms with Crippen LogP contribution in [0.5, 0.6) is 11.5 Å². The molecule has 5 rings (SSSR count). The van der Waals surface area contributed by atoms with Crippen molar-refractivity contribution in [3.05, 3.63) is 66.1 Å². The Bertz CT molecular complexity index is 1430. The van der Waals surface area contributed by atoms with Gasteiger partial charge in [0.25, 0.3) is 0 Å². The number of nitriles is 1. The third-order valence-electron chi connectivity index (χ3n) is 7.07. The van der Waals surface area contributed by atoms with Crippen LogP contribution in [0.2, 0.25) is 0 Å². The number of pyridine rings is 1. The Morgan fingerprint density at radius 1 is 1.08 bits per heavy atom. The first-order chi connectivity index (χ1) is 18.1. The number of aromatic amines is 1. The lowest BCUT2D eigenvalue weighted by Crippen LogP contribution is -2.45. The molecule has 0 unspecified atom stereocenters. The third-order valence-corrected chi connectivity index (χ3v) is 7.07. The number of nitrogens with zero attached hydrogens (tertiary/aromatic N) is 4. The van der Waals surface area contributed by atoms with E-state index in [1.807, 2.05) is 36.5 Å². The first-order valence-electron chi connectivity index (χ1n) is 12.5. The second kappa shape index (κ2) is 10.9. The Morgan fingerprint density at radius 3 is 2.70 bits per heavy atom. The van der Waals surface area contributed by atoms with Crippen LogP contribution in [-0.2, 0) is 0 Å². The highest BCUT2D eigenvalue weighted by Crippen LogP contribution is 2.38. The van der Waals surface area contributed by atoms with E-state index in [4.69, 9.17) is 9.47 Å². The molecule has 1 saturated heterocycles. The highest BCUT2D eigenvalue weighted by atomic mass is 16.5. The van der Waals surface area contributed by atoms with Crippen LogP contribution < -0.4 is 14.8 Å². The predicted octanol–water partition coefficient (Wildman–Crippen LogP) is 4.79. The molecule has 8 heteroatoms. The molecule has 1 fully saturated rings. The minimum atomic E-state index is 0.470. The molecule has 3 heterocycles. The van der Waals surface area contributed by atoms with E-state index in [9.17, 15) is 5.26 Å². The quantitative estimate of drug-likeness (QED) is 0.363. The van der Waals surface area contributed by atoms with E-state index >= 15 is 0 Å². The maximum absolute atomic E-state index is 9.85. The molecule has 0 atom stereocenters. The summed E-state index contributed by atoms with van der Waals surface area (Å²) in [6.07, 6.45) is 5.29. The van der Waals surface area contributed by atoms with Crippen molar-refractivity contribution in [3.8, 4) is 28.7 Å². The Morgan fingerprint density at radius 2 is 1.92 bits per heavy atom. The maximum atomic E-state index is 9.85. The van der Waals surface area contributed by atoms with Gasteiger partial charge in [-0.2, -0.15) is 5.26 Å². The molecule has 190 valence electrons. The molecule has 1 aliphatic rings. The Labute approximate surface area is 217 Å². The van der Waals surface area contributed by atoms with Gasteiger partial charge in [-0.15, -0.1) is 0 Å². The summed E-state index contributed by atoms with van der Waals surface area (Å²) in [5, 5.41) is 14.5. The summed E-state index contributed by atoms with van der Waals surface area (Å²) in [5.74, 6) is 1.35. The summed E-state index contributed by atoms with van der Waals surface area (Å²) in [4.78, 5) is 12.3. The molecule has 0 radical (unpaired) electrons. The second-order valence-electron chi connectivity index (χ2n) is 9.38. The Hall–Kier alpha value is -4.06. The smallest absolute Gasteiger partial charge is 0.161 e. The Kier molecular flexibility index (Phi) is 7.26. The average Bonchev–Trinajstić information content (AvgIpc) is 3.41. The maximum Gasteiger partial charge on any atom is 0.161 e. The van der Waals surface area contributed by atoms with Gasteiger partial charge in [-0.3, -0.25) is 9.88 Å². The van der Waals surface area contributed by atoms with Gasteiger partial charge >= 0.3 is 0 Å². The Balaban J connectivity index is 1.39. The molecule has 0 bridgehead atoms. The molecule has 0 spiro atoms. The minimum absolute atomic E-state index is 0.470. The zero-order valence-electron chi connectivity index (χ0n) is 21.5. The molecule has 2 aromatic carbocycles. The average molecular weight is 497 g/mol. The fourth-order valence-electron chi connectivity index (χ4n) is 4.76. The van der Waals surface area contributed by atoms with E-state index in [0.717, 1.165) is 66.0 Å². The number of methoxy groups -OCH3 is 1. The van der Waals surface area contributed by atoms with Gasteiger partial charge in [0, 0.05) is 73.5 Å². The van der Waals surface area contributed by atoms with Gasteiger partial charge in [0.2, 0.25) is 0 Å². The molecular weight excluding hydrogens is 464 g/mol. The predicted molar refractivity (Wildman–Crippen MR) is 147 cm³/mol. The standard InChI is InChI=1S/C29H32N6O2/c1-20-23-8-9-32-26(23)6-5-25(20)33-29-22(17-30)18-31-19-24(29)21-4-7-27(28(16-21)36-3)37-15-14-35-12-10-34(2)11-13-35/h4-9,16,18-19,32H,10-15H2,1-3H3,(H,31,33). The molecule has 0 saturated carbocycles. The highest BCUT2D eigenvalue weighted by Gasteiger charge is 2.17. The molecule has 0 aliphatic carbocycles. The lowest BCUT2D eigenvalue weighted by atomic mass is 10.0. The van der Waals surface area contributed by atoms with Crippen LogP contribution in [-0.4, -0.2) is 73.3 Å². The van der Waals surface area contributed by atoms with Crippen molar-refractivity contribution in [2.24, 2.45) is 0 Å². The van der Waals surface area contributed by atoms with E-state index in [2.05, 4.69) is 51.2 Å². The number of rotatable bonds is 8. The van der Waals surface area contributed by atoms with E-state index < -0.39 is 0 Å². The summed E-state index contributed by atoms with van der Waals surface area (Å²) in [6, 6.07) is 14.3. The zero-order chi connectivity index (χ0) is 25.8. The lowest BCUT2D eigenvalue weighted by molar-refractivity contribution is 0.133. The molecule has 1 aliphatic heterocycles. The molecule has 37 heavy (non-hydrogen) atoms. The summed E-state index contributed by atoms with van der Waals surface area (Å²) in [5.41, 5.74) is 6.00. The van der Waals surface area contributed by atoms with Crippen molar-refractivity contribution in [2.75, 3.05) is 58.8 Å². The topological polar surface area (TPSA) is 89.4 Å². The minimum Gasteiger partial charge on any atom is -0.493 e. The van der Waals surface area contributed by atoms with Crippen LogP contribution in [0.3, 0.4) is 0 Å². The number of aryl methyl sites for hydroxylation is 1. The van der Waals surface area contributed by atoms with Gasteiger partial charge in [-0.25, -0.2) is 0 Å². The van der Waals surface area contributed by atoms with Crippen LogP contribution in [0, 0.1) is 18.3 Å². The number of hydrogen-bond acceptors (Lipinski definition) is 7. The number of piperazine rings is 1. The fraction of sp³-hybridized carbons (Fsp3) is 0.310. The van der Waals surface area contributed by atoms with Gasteiger partial charge in [-0.05, 0) is 55.4 Å². The van der Waals surface area contributed by atoms with E-state index in [-0.39, 0.29) is 0 Å². The van der Waals surface area contributed by atoms with E-state index in [0.29, 0.717) is 29.4 Å². The van der Waals surface area contributed by atoms with Crippen LogP contribution in [0.4, 0.5) is 11.4 Å². The SMILES string of the molecule is COc1cc(-c2cncc(C#N)c2Nc2ccc3[nH]ccc3c2C)ccc1OCCN1CCN(C)CC1. The number of H-pyrrole nitrogens is 1. The van der Waals surface area contributed by atoms with Crippen molar-refractivity contribution in [1.29, 1.82) is 5.26 Å². The van der Waals surface area contributed by atoms with Gasteiger partial charge in [0.1, 0.15) is 12.7 Å². The summed E-state index contributed by atoms with van der Waals surface area (Å²) in [6.45, 7) is 7.84. The number of nitrogens with one attached hydrogen (secondary N) is 2. The highest BCUT2D eigenvalue weighted by molar-refractivity contribution is 5.91. The van der Waals surface area contributed by atoms with Crippen LogP contribution in [0.1, 0.15) is 11.1 Å². The lowest BCUT2D eigenvalue weighted by Gasteiger charge is -2.32. The van der Waals surface area contributed by atoms with Crippen LogP contribution in [0.15, 0.2) is 55.0 Å². The van der Waals surface area contributed by atoms with Crippen LogP contribution in [0.25, 0.3) is 22.0 Å². The van der Waals surface area contributed by atoms with Crippen molar-refractivity contribution in [1.82, 2.24) is 19.8 Å². The van der Waals surface area contributed by atoms with Crippen molar-refractivity contribution < 1.29 is 9.47 Å². The monoisotopic (exact) mass is 496 g/mol. The second-order valence-corrected chi connectivity index (χ2v) is 9.38. The largest absolute Gasteiger partial charge is 0.493 e. The first kappa shape index (κ1) is 24.6. The number of likely N-dealkylation sites (N-methyl/N-ethyl adjacent to an activating group) is 1. The number of ether oxygens (including phenoxy) is 2. The summed E-state index contributed by atoms with van der Waals surface area (Å²) >= 11 is 0. The van der Waals surface area contributed by atoms with E-state index in [1.165, 1.54) is 0 Å². The van der Waals surface area contributed by atoms with Crippen LogP contribution >= 0.6 is 0 Å². The van der Waals surface area contributed by atoms with Gasteiger partial charge in [0.05, 0.1) is 18.4 Å². The number of aromatic nitrogens is 2. The molecule has 4 aromatic rings. The third kappa shape index (κ3) is 5.24. The van der Waals surface area contributed by atoms with Gasteiger partial charge in [-0.1, -0.05) is 6.07 Å². The molecule has 8 nitrogen and oxygen atoms in total. The van der Waals surface area contributed by atoms with Crippen molar-refractivity contribution >= 4 is 22.3 Å². The zero-order valence-corrected chi connectivity index (χ0v) is 21.5. The number of fused-ring (bicyclic) bond motifs is 1. The number of benzene rings is 2. The number of anilines is 2. The molecule has 2 aromatic heterocycles. The van der Waals surface area contributed by atoms with Gasteiger partial charge < -0.3 is 24.7 Å². The number of hydrogen-bond donors (Lipinski definition) is 2. The van der Waals surface area contributed by atoms with Crippen molar-refractivity contribution in [2.45, 2.75) is 6.92 Å². The first-order valence-corrected chi connectivity index (χ1v) is 12.5. The molecule has 0 amide bonds. The van der Waals surface area contributed by atoms with E-state index in [1.54, 1.807) is 19.5 Å². The fourth-order valence-corrected chi connectivity index (χ4v) is 4.76. The van der Waals surface area contributed by atoms with Gasteiger partial charge in [0.15, 0.2) is 11.5 Å². The molecule has 2 N–H and O–H groups in total. The summed E-state index contributed by atoms with van der Waals surface area (Å²) < 4.78 is 11.8. The van der Waals surface area contributed by atoms with Crippen molar-refractivity contribution in [3.63, 3.8) is 0 Å². The normalized spacial score (nSPS) is 14.4.